The predicted molar refractivity (Wildman–Crippen MR) is 111 cm³/mol. The monoisotopic (exact) mass is 422 g/mol. The fourth-order valence-corrected chi connectivity index (χ4v) is 5.69. The van der Waals surface area contributed by atoms with E-state index in [-0.39, 0.29) is 6.61 Å². The maximum absolute atomic E-state index is 12.4. The summed E-state index contributed by atoms with van der Waals surface area (Å²) in [6.07, 6.45) is 3.68. The molecular weight excluding hydrogens is 396 g/mol. The smallest absolute Gasteiger partial charge is 0.226 e. The molecule has 3 aliphatic heterocycles. The van der Waals surface area contributed by atoms with Gasteiger partial charge in [-0.1, -0.05) is 6.92 Å². The van der Waals surface area contributed by atoms with Crippen LogP contribution in [0.2, 0.25) is 0 Å². The number of aromatic nitrogens is 6. The number of H-pyrrole nitrogens is 1. The maximum Gasteiger partial charge on any atom is 0.226 e. The van der Waals surface area contributed by atoms with Gasteiger partial charge in [-0.25, -0.2) is 14.5 Å². The summed E-state index contributed by atoms with van der Waals surface area (Å²) in [6.45, 7) is 8.48. The van der Waals surface area contributed by atoms with Crippen LogP contribution >= 0.6 is 0 Å². The number of nitrogens with zero attached hydrogens (tertiary/aromatic N) is 6. The first-order chi connectivity index (χ1) is 14.8. The molecule has 4 aliphatic rings. The number of primary amides is 1. The van der Waals surface area contributed by atoms with Crippen molar-refractivity contribution >= 4 is 17.2 Å². The lowest BCUT2D eigenvalue weighted by molar-refractivity contribution is -0.137. The molecule has 0 spiro atoms. The molecule has 31 heavy (non-hydrogen) atoms. The number of nitrogens with two attached hydrogens (primary N) is 1. The van der Waals surface area contributed by atoms with Crippen LogP contribution in [-0.2, 0) is 15.1 Å². The van der Waals surface area contributed by atoms with Gasteiger partial charge in [0.2, 0.25) is 5.91 Å². The zero-order valence-corrected chi connectivity index (χ0v) is 17.9. The highest BCUT2D eigenvalue weighted by Crippen LogP contribution is 2.70. The van der Waals surface area contributed by atoms with Crippen LogP contribution in [-0.4, -0.2) is 55.4 Å². The maximum atomic E-state index is 12.4. The number of carbonyl (C=O) groups is 1. The highest BCUT2D eigenvalue weighted by Gasteiger charge is 2.77. The number of ether oxygens (including phenoxy) is 1. The Labute approximate surface area is 179 Å². The van der Waals surface area contributed by atoms with Gasteiger partial charge >= 0.3 is 0 Å². The quantitative estimate of drug-likeness (QED) is 0.646. The molecule has 3 N–H and O–H groups in total. The normalized spacial score (nSPS) is 32.0. The fraction of sp³-hybridized carbons (Fsp3) is 0.571. The van der Waals surface area contributed by atoms with Crippen LogP contribution in [0.5, 0.6) is 0 Å². The third kappa shape index (κ3) is 2.39. The number of aryl methyl sites for hydroxylation is 2. The zero-order chi connectivity index (χ0) is 21.5. The summed E-state index contributed by atoms with van der Waals surface area (Å²) >= 11 is 0. The van der Waals surface area contributed by atoms with Crippen molar-refractivity contribution in [3.63, 3.8) is 0 Å². The van der Waals surface area contributed by atoms with Gasteiger partial charge in [0.15, 0.2) is 17.3 Å². The Bertz CT molecular complexity index is 1220. The van der Waals surface area contributed by atoms with Crippen LogP contribution in [0.1, 0.15) is 48.7 Å². The van der Waals surface area contributed by atoms with Crippen molar-refractivity contribution in [3.05, 3.63) is 35.3 Å². The van der Waals surface area contributed by atoms with Gasteiger partial charge < -0.3 is 15.4 Å². The van der Waals surface area contributed by atoms with Crippen molar-refractivity contribution in [3.8, 4) is 0 Å². The molecule has 4 atom stereocenters. The average molecular weight is 422 g/mol. The highest BCUT2D eigenvalue weighted by molar-refractivity contribution is 5.85. The average Bonchev–Trinajstić information content (AvgIpc) is 3.48. The van der Waals surface area contributed by atoms with E-state index in [0.717, 1.165) is 30.0 Å². The predicted octanol–water partition coefficient (Wildman–Crippen LogP) is 1.20. The molecule has 3 aromatic heterocycles. The van der Waals surface area contributed by atoms with E-state index in [9.17, 15) is 4.79 Å². The molecule has 1 saturated carbocycles. The SMILES string of the molecule is Cc1nc(C2C3(C(N)=O)COC2(c2nc4c(C)cc(N5CCC(C)C5)cn4n2)C3)n[nH]1. The number of fused-ring (bicyclic) bond motifs is 2. The van der Waals surface area contributed by atoms with Crippen LogP contribution in [0, 0.1) is 25.2 Å². The summed E-state index contributed by atoms with van der Waals surface area (Å²) in [7, 11) is 0. The Morgan fingerprint density at radius 3 is 2.87 bits per heavy atom. The van der Waals surface area contributed by atoms with Crippen molar-refractivity contribution in [1.29, 1.82) is 0 Å². The molecule has 4 fully saturated rings. The summed E-state index contributed by atoms with van der Waals surface area (Å²) in [5, 5.41) is 12.0. The lowest BCUT2D eigenvalue weighted by Gasteiger charge is -2.47. The molecule has 1 amide bonds. The van der Waals surface area contributed by atoms with E-state index >= 15 is 0 Å². The molecule has 0 aromatic carbocycles. The zero-order valence-electron chi connectivity index (χ0n) is 17.9. The Hall–Kier alpha value is -3.01. The second kappa shape index (κ2) is 6.03. The largest absolute Gasteiger partial charge is 0.370 e. The van der Waals surface area contributed by atoms with E-state index in [2.05, 4.69) is 40.0 Å². The minimum atomic E-state index is -0.843. The Morgan fingerprint density at radius 1 is 1.35 bits per heavy atom. The second-order valence-electron chi connectivity index (χ2n) is 9.51. The van der Waals surface area contributed by atoms with Crippen molar-refractivity contribution in [2.45, 2.75) is 45.1 Å². The van der Waals surface area contributed by atoms with Crippen LogP contribution in [0.15, 0.2) is 12.3 Å². The number of anilines is 1. The van der Waals surface area contributed by atoms with Gasteiger partial charge in [-0.3, -0.25) is 9.89 Å². The van der Waals surface area contributed by atoms with Gasteiger partial charge in [0.25, 0.3) is 0 Å². The number of hydrogen-bond donors (Lipinski definition) is 2. The van der Waals surface area contributed by atoms with Gasteiger partial charge in [0.05, 0.1) is 29.8 Å². The first-order valence-corrected chi connectivity index (χ1v) is 10.8. The van der Waals surface area contributed by atoms with Crippen molar-refractivity contribution in [2.75, 3.05) is 24.6 Å². The lowest BCUT2D eigenvalue weighted by Crippen LogP contribution is -2.57. The van der Waals surface area contributed by atoms with Crippen molar-refractivity contribution in [2.24, 2.45) is 17.1 Å². The summed E-state index contributed by atoms with van der Waals surface area (Å²) in [6, 6.07) is 2.17. The molecular formula is C21H26N8O2. The number of pyridine rings is 1. The molecule has 7 rings (SSSR count). The Balaban J connectivity index is 1.44. The lowest BCUT2D eigenvalue weighted by atomic mass is 9.52. The number of carbonyl (C=O) groups excluding carboxylic acids is 1. The van der Waals surface area contributed by atoms with Gasteiger partial charge in [-0.05, 0) is 37.8 Å². The summed E-state index contributed by atoms with van der Waals surface area (Å²) in [5.74, 6) is 1.67. The number of amides is 1. The van der Waals surface area contributed by atoms with Gasteiger partial charge in [0, 0.05) is 19.5 Å². The molecule has 10 heteroatoms. The van der Waals surface area contributed by atoms with Crippen LogP contribution in [0.3, 0.4) is 0 Å². The summed E-state index contributed by atoms with van der Waals surface area (Å²) in [5.41, 5.74) is 7.13. The van der Waals surface area contributed by atoms with Crippen LogP contribution < -0.4 is 10.6 Å². The van der Waals surface area contributed by atoms with E-state index in [1.165, 1.54) is 6.42 Å². The van der Waals surface area contributed by atoms with E-state index in [1.807, 2.05) is 17.6 Å². The number of rotatable bonds is 4. The first-order valence-electron chi connectivity index (χ1n) is 10.8. The molecule has 6 heterocycles. The van der Waals surface area contributed by atoms with Gasteiger partial charge in [-0.15, -0.1) is 5.10 Å². The van der Waals surface area contributed by atoms with Crippen molar-refractivity contribution < 1.29 is 9.53 Å². The standard InChI is InChI=1S/C21H26N8O2/c1-11-4-5-28(7-11)14-6-12(2)17-24-19(27-29(17)8-14)21-9-20(10-31-21,18(22)30)15(21)16-23-13(3)25-26-16/h6,8,11,15H,4-5,7,9-10H2,1-3H3,(H2,22,30)(H,23,25,26). The second-order valence-corrected chi connectivity index (χ2v) is 9.51. The molecule has 1 aliphatic carbocycles. The molecule has 2 bridgehead atoms. The molecule has 10 nitrogen and oxygen atoms in total. The Morgan fingerprint density at radius 2 is 2.19 bits per heavy atom. The van der Waals surface area contributed by atoms with Crippen molar-refractivity contribution in [1.82, 2.24) is 29.8 Å². The van der Waals surface area contributed by atoms with E-state index in [1.54, 1.807) is 0 Å². The third-order valence-electron chi connectivity index (χ3n) is 7.32. The fourth-order valence-electron chi connectivity index (χ4n) is 5.69. The molecule has 3 saturated heterocycles. The van der Waals surface area contributed by atoms with E-state index in [4.69, 9.17) is 20.6 Å². The minimum absolute atomic E-state index is 0.228. The topological polar surface area (TPSA) is 127 Å². The third-order valence-corrected chi connectivity index (χ3v) is 7.32. The number of nitrogens with one attached hydrogen (secondary N) is 1. The summed E-state index contributed by atoms with van der Waals surface area (Å²) in [4.78, 5) is 24.1. The van der Waals surface area contributed by atoms with Crippen LogP contribution in [0.25, 0.3) is 5.65 Å². The molecule has 0 radical (unpaired) electrons. The minimum Gasteiger partial charge on any atom is -0.370 e. The van der Waals surface area contributed by atoms with Crippen LogP contribution in [0.4, 0.5) is 5.69 Å². The summed E-state index contributed by atoms with van der Waals surface area (Å²) < 4.78 is 8.05. The Kier molecular flexibility index (Phi) is 3.64. The number of hydrogen-bond acceptors (Lipinski definition) is 7. The first kappa shape index (κ1) is 18.7. The molecule has 4 unspecified atom stereocenters. The van der Waals surface area contributed by atoms with E-state index < -0.39 is 22.8 Å². The molecule has 3 aromatic rings. The van der Waals surface area contributed by atoms with E-state index in [0.29, 0.717) is 29.8 Å². The van der Waals surface area contributed by atoms with Gasteiger partial charge in [0.1, 0.15) is 11.4 Å². The highest BCUT2D eigenvalue weighted by atomic mass is 16.5. The molecule has 162 valence electrons. The number of aromatic amines is 1. The van der Waals surface area contributed by atoms with Gasteiger partial charge in [-0.2, -0.15) is 5.10 Å².